The molecular formula is C16H20BrN3. The van der Waals surface area contributed by atoms with E-state index in [0.717, 1.165) is 35.7 Å². The van der Waals surface area contributed by atoms with Gasteiger partial charge in [0.05, 0.1) is 5.52 Å². The van der Waals surface area contributed by atoms with E-state index in [1.54, 1.807) is 0 Å². The molecule has 1 aliphatic rings. The van der Waals surface area contributed by atoms with Gasteiger partial charge in [-0.3, -0.25) is 4.98 Å². The highest BCUT2D eigenvalue weighted by Crippen LogP contribution is 2.25. The largest absolute Gasteiger partial charge is 0.311 e. The first-order valence-electron chi connectivity index (χ1n) is 7.19. The van der Waals surface area contributed by atoms with Crippen LogP contribution in [-0.2, 0) is 6.54 Å². The maximum Gasteiger partial charge on any atom is 0.0758 e. The molecule has 0 amide bonds. The number of nitrogens with zero attached hydrogens (tertiary/aromatic N) is 2. The summed E-state index contributed by atoms with van der Waals surface area (Å²) in [5, 5.41) is 4.71. The van der Waals surface area contributed by atoms with Crippen LogP contribution >= 0.6 is 15.9 Å². The number of rotatable bonds is 6. The van der Waals surface area contributed by atoms with E-state index >= 15 is 0 Å². The van der Waals surface area contributed by atoms with E-state index in [0.29, 0.717) is 0 Å². The van der Waals surface area contributed by atoms with E-state index in [1.165, 1.54) is 23.8 Å². The molecule has 3 rings (SSSR count). The Morgan fingerprint density at radius 1 is 1.35 bits per heavy atom. The van der Waals surface area contributed by atoms with Crippen LogP contribution in [0, 0.1) is 0 Å². The number of hydrogen-bond acceptors (Lipinski definition) is 3. The number of halogens is 1. The Morgan fingerprint density at radius 2 is 2.20 bits per heavy atom. The fourth-order valence-electron chi connectivity index (χ4n) is 2.52. The molecule has 2 aromatic rings. The van der Waals surface area contributed by atoms with Gasteiger partial charge in [-0.15, -0.1) is 0 Å². The fraction of sp³-hybridized carbons (Fsp3) is 0.438. The molecule has 0 spiro atoms. The van der Waals surface area contributed by atoms with Gasteiger partial charge in [0.1, 0.15) is 0 Å². The zero-order chi connectivity index (χ0) is 13.9. The molecule has 0 saturated heterocycles. The number of fused-ring (bicyclic) bond motifs is 1. The molecule has 0 aliphatic heterocycles. The molecule has 1 aromatic carbocycles. The first-order chi connectivity index (χ1) is 9.75. The van der Waals surface area contributed by atoms with Gasteiger partial charge in [0.2, 0.25) is 0 Å². The maximum atomic E-state index is 4.51. The van der Waals surface area contributed by atoms with Gasteiger partial charge in [0.25, 0.3) is 0 Å². The topological polar surface area (TPSA) is 28.2 Å². The van der Waals surface area contributed by atoms with Crippen molar-refractivity contribution in [3.63, 3.8) is 0 Å². The minimum absolute atomic E-state index is 0.840. The summed E-state index contributed by atoms with van der Waals surface area (Å²) in [5.41, 5.74) is 2.35. The standard InChI is InChI=1S/C16H20BrN3/c1-20(13-5-6-13)10-9-18-11-12-4-7-15(17)14-3-2-8-19-16(12)14/h2-4,7-8,13,18H,5-6,9-11H2,1H3. The summed E-state index contributed by atoms with van der Waals surface area (Å²) < 4.78 is 1.11. The lowest BCUT2D eigenvalue weighted by Crippen LogP contribution is -2.30. The minimum atomic E-state index is 0.840. The van der Waals surface area contributed by atoms with Crippen molar-refractivity contribution in [2.45, 2.75) is 25.4 Å². The van der Waals surface area contributed by atoms with Crippen molar-refractivity contribution in [1.82, 2.24) is 15.2 Å². The number of pyridine rings is 1. The highest BCUT2D eigenvalue weighted by molar-refractivity contribution is 9.10. The Bertz CT molecular complexity index is 595. The van der Waals surface area contributed by atoms with E-state index < -0.39 is 0 Å². The van der Waals surface area contributed by atoms with Crippen molar-refractivity contribution < 1.29 is 0 Å². The molecule has 1 saturated carbocycles. The zero-order valence-electron chi connectivity index (χ0n) is 11.8. The van der Waals surface area contributed by atoms with Crippen LogP contribution in [0.5, 0.6) is 0 Å². The Hall–Kier alpha value is -0.970. The summed E-state index contributed by atoms with van der Waals surface area (Å²) >= 11 is 3.59. The molecule has 106 valence electrons. The number of likely N-dealkylation sites (N-methyl/N-ethyl adjacent to an activating group) is 1. The number of benzene rings is 1. The van der Waals surface area contributed by atoms with Crippen LogP contribution in [0.2, 0.25) is 0 Å². The first kappa shape index (κ1) is 14.0. The van der Waals surface area contributed by atoms with Crippen LogP contribution in [0.4, 0.5) is 0 Å². The molecule has 1 N–H and O–H groups in total. The van der Waals surface area contributed by atoms with Gasteiger partial charge in [-0.25, -0.2) is 0 Å². The summed E-state index contributed by atoms with van der Waals surface area (Å²) in [6.07, 6.45) is 4.61. The summed E-state index contributed by atoms with van der Waals surface area (Å²) in [4.78, 5) is 6.96. The van der Waals surface area contributed by atoms with E-state index in [9.17, 15) is 0 Å². The second kappa shape index (κ2) is 6.20. The summed E-state index contributed by atoms with van der Waals surface area (Å²) in [6.45, 7) is 3.02. The van der Waals surface area contributed by atoms with Crippen LogP contribution in [0.1, 0.15) is 18.4 Å². The molecule has 3 nitrogen and oxygen atoms in total. The second-order valence-corrected chi connectivity index (χ2v) is 6.35. The van der Waals surface area contributed by atoms with Gasteiger partial charge in [-0.2, -0.15) is 0 Å². The quantitative estimate of drug-likeness (QED) is 0.823. The Labute approximate surface area is 128 Å². The van der Waals surface area contributed by atoms with Crippen LogP contribution in [-0.4, -0.2) is 36.1 Å². The van der Waals surface area contributed by atoms with Gasteiger partial charge in [-0.05, 0) is 37.6 Å². The number of aromatic nitrogens is 1. The van der Waals surface area contributed by atoms with Crippen molar-refractivity contribution in [2.75, 3.05) is 20.1 Å². The Balaban J connectivity index is 1.61. The molecule has 0 atom stereocenters. The van der Waals surface area contributed by atoms with E-state index in [1.807, 2.05) is 12.3 Å². The lowest BCUT2D eigenvalue weighted by Gasteiger charge is -2.16. The lowest BCUT2D eigenvalue weighted by molar-refractivity contribution is 0.321. The number of nitrogens with one attached hydrogen (secondary N) is 1. The van der Waals surface area contributed by atoms with Gasteiger partial charge in [0.15, 0.2) is 0 Å². The average Bonchev–Trinajstić information content (AvgIpc) is 3.30. The van der Waals surface area contributed by atoms with Gasteiger partial charge in [-0.1, -0.05) is 28.1 Å². The predicted octanol–water partition coefficient (Wildman–Crippen LogP) is 3.18. The van der Waals surface area contributed by atoms with Crippen LogP contribution < -0.4 is 5.32 Å². The highest BCUT2D eigenvalue weighted by Gasteiger charge is 2.25. The normalized spacial score (nSPS) is 15.2. The molecular weight excluding hydrogens is 314 g/mol. The summed E-state index contributed by atoms with van der Waals surface area (Å²) in [6, 6.07) is 9.19. The third-order valence-corrected chi connectivity index (χ3v) is 4.62. The van der Waals surface area contributed by atoms with Gasteiger partial charge < -0.3 is 10.2 Å². The molecule has 1 heterocycles. The summed E-state index contributed by atoms with van der Waals surface area (Å²) in [7, 11) is 2.22. The van der Waals surface area contributed by atoms with Crippen LogP contribution in [0.15, 0.2) is 34.9 Å². The monoisotopic (exact) mass is 333 g/mol. The van der Waals surface area contributed by atoms with Crippen molar-refractivity contribution in [3.8, 4) is 0 Å². The predicted molar refractivity (Wildman–Crippen MR) is 86.8 cm³/mol. The molecule has 1 fully saturated rings. The van der Waals surface area contributed by atoms with Crippen molar-refractivity contribution in [2.24, 2.45) is 0 Å². The SMILES string of the molecule is CN(CCNCc1ccc(Br)c2cccnc12)C1CC1. The molecule has 0 radical (unpaired) electrons. The van der Waals surface area contributed by atoms with Crippen molar-refractivity contribution in [1.29, 1.82) is 0 Å². The lowest BCUT2D eigenvalue weighted by atomic mass is 10.1. The van der Waals surface area contributed by atoms with E-state index in [4.69, 9.17) is 0 Å². The molecule has 0 unspecified atom stereocenters. The zero-order valence-corrected chi connectivity index (χ0v) is 13.4. The van der Waals surface area contributed by atoms with Crippen molar-refractivity contribution >= 4 is 26.8 Å². The average molecular weight is 334 g/mol. The van der Waals surface area contributed by atoms with Gasteiger partial charge >= 0.3 is 0 Å². The maximum absolute atomic E-state index is 4.51. The molecule has 1 aromatic heterocycles. The third-order valence-electron chi connectivity index (χ3n) is 3.93. The first-order valence-corrected chi connectivity index (χ1v) is 7.98. The highest BCUT2D eigenvalue weighted by atomic mass is 79.9. The number of hydrogen-bond donors (Lipinski definition) is 1. The smallest absolute Gasteiger partial charge is 0.0758 e. The van der Waals surface area contributed by atoms with Crippen LogP contribution in [0.25, 0.3) is 10.9 Å². The molecule has 20 heavy (non-hydrogen) atoms. The van der Waals surface area contributed by atoms with Crippen molar-refractivity contribution in [3.05, 3.63) is 40.5 Å². The Kier molecular flexibility index (Phi) is 4.34. The third kappa shape index (κ3) is 3.19. The molecule has 1 aliphatic carbocycles. The minimum Gasteiger partial charge on any atom is -0.311 e. The van der Waals surface area contributed by atoms with Gasteiger partial charge in [0, 0.05) is 41.7 Å². The second-order valence-electron chi connectivity index (χ2n) is 5.49. The van der Waals surface area contributed by atoms with E-state index in [-0.39, 0.29) is 0 Å². The molecule has 0 bridgehead atoms. The van der Waals surface area contributed by atoms with Crippen LogP contribution in [0.3, 0.4) is 0 Å². The fourth-order valence-corrected chi connectivity index (χ4v) is 2.97. The molecule has 4 heteroatoms. The Morgan fingerprint density at radius 3 is 3.00 bits per heavy atom. The summed E-state index contributed by atoms with van der Waals surface area (Å²) in [5.74, 6) is 0. The van der Waals surface area contributed by atoms with E-state index in [2.05, 4.69) is 56.4 Å².